The van der Waals surface area contributed by atoms with Gasteiger partial charge in [-0.1, -0.05) is 60.7 Å². The zero-order chi connectivity index (χ0) is 20.1. The Bertz CT molecular complexity index is 963. The number of nitrogens with one attached hydrogen (secondary N) is 1. The van der Waals surface area contributed by atoms with Crippen molar-refractivity contribution in [1.82, 2.24) is 15.1 Å². The third-order valence-electron chi connectivity index (χ3n) is 5.14. The molecule has 0 radical (unpaired) electrons. The molecule has 0 spiro atoms. The zero-order valence-electron chi connectivity index (χ0n) is 16.1. The number of esters is 1. The molecule has 2 heterocycles. The molecule has 3 aromatic rings. The lowest BCUT2D eigenvalue weighted by molar-refractivity contribution is -0.142. The Morgan fingerprint density at radius 1 is 0.931 bits per heavy atom. The molecule has 1 aromatic heterocycles. The van der Waals surface area contributed by atoms with Crippen molar-refractivity contribution in [3.63, 3.8) is 0 Å². The molecule has 148 valence electrons. The van der Waals surface area contributed by atoms with E-state index >= 15 is 0 Å². The Labute approximate surface area is 169 Å². The third kappa shape index (κ3) is 4.21. The second-order valence-corrected chi connectivity index (χ2v) is 7.11. The standard InChI is InChI=1S/C23H23N3O3/c27-22(26-14-8-3-9-15-26)21(18-12-6-2-7-13-18)29-23(28)19-16-24-25-20(19)17-10-4-1-5-11-17/h1-2,4-7,10-13,16,21H,3,8-9,14-15H2,(H,24,25)/t21-/m1/s1. The smallest absolute Gasteiger partial charge is 0.343 e. The maximum absolute atomic E-state index is 13.2. The SMILES string of the molecule is O=C(O[C@@H](C(=O)N1CCCCC1)c1ccccc1)c1cn[nH]c1-c1ccccc1. The van der Waals surface area contributed by atoms with Gasteiger partial charge in [-0.2, -0.15) is 5.10 Å². The van der Waals surface area contributed by atoms with Gasteiger partial charge in [-0.15, -0.1) is 0 Å². The monoisotopic (exact) mass is 389 g/mol. The molecule has 1 aliphatic heterocycles. The molecule has 0 unspecified atom stereocenters. The Morgan fingerprint density at radius 2 is 1.59 bits per heavy atom. The second-order valence-electron chi connectivity index (χ2n) is 7.11. The van der Waals surface area contributed by atoms with Gasteiger partial charge in [-0.25, -0.2) is 4.79 Å². The molecule has 1 N–H and O–H groups in total. The molecule has 2 aromatic carbocycles. The van der Waals surface area contributed by atoms with E-state index in [1.54, 1.807) is 4.90 Å². The largest absolute Gasteiger partial charge is 0.444 e. The van der Waals surface area contributed by atoms with Gasteiger partial charge in [-0.05, 0) is 19.3 Å². The van der Waals surface area contributed by atoms with Gasteiger partial charge in [0.15, 0.2) is 0 Å². The third-order valence-corrected chi connectivity index (χ3v) is 5.14. The highest BCUT2D eigenvalue weighted by atomic mass is 16.5. The van der Waals surface area contributed by atoms with Crippen LogP contribution in [0.25, 0.3) is 11.3 Å². The van der Waals surface area contributed by atoms with Crippen LogP contribution in [0, 0.1) is 0 Å². The Kier molecular flexibility index (Phi) is 5.70. The van der Waals surface area contributed by atoms with E-state index in [4.69, 9.17) is 4.74 Å². The van der Waals surface area contributed by atoms with Gasteiger partial charge in [0.2, 0.25) is 6.10 Å². The Hall–Kier alpha value is -3.41. The Balaban J connectivity index is 1.61. The molecular formula is C23H23N3O3. The molecule has 0 aliphatic carbocycles. The summed E-state index contributed by atoms with van der Waals surface area (Å²) in [7, 11) is 0. The van der Waals surface area contributed by atoms with Crippen LogP contribution in [0.1, 0.15) is 41.3 Å². The van der Waals surface area contributed by atoms with E-state index in [1.165, 1.54) is 6.20 Å². The maximum atomic E-state index is 13.2. The molecular weight excluding hydrogens is 366 g/mol. The normalized spacial score (nSPS) is 15.0. The molecule has 1 aliphatic rings. The number of H-pyrrole nitrogens is 1. The van der Waals surface area contributed by atoms with Crippen LogP contribution in [0.4, 0.5) is 0 Å². The van der Waals surface area contributed by atoms with Gasteiger partial charge in [-0.3, -0.25) is 9.89 Å². The summed E-state index contributed by atoms with van der Waals surface area (Å²) in [6.07, 6.45) is 3.54. The molecule has 1 fully saturated rings. The van der Waals surface area contributed by atoms with Crippen molar-refractivity contribution in [3.8, 4) is 11.3 Å². The number of rotatable bonds is 5. The minimum Gasteiger partial charge on any atom is -0.444 e. The summed E-state index contributed by atoms with van der Waals surface area (Å²) in [5.74, 6) is -0.745. The van der Waals surface area contributed by atoms with Crippen molar-refractivity contribution in [1.29, 1.82) is 0 Å². The highest BCUT2D eigenvalue weighted by Crippen LogP contribution is 2.27. The molecule has 29 heavy (non-hydrogen) atoms. The lowest BCUT2D eigenvalue weighted by Gasteiger charge is -2.30. The van der Waals surface area contributed by atoms with Gasteiger partial charge in [0.05, 0.1) is 11.9 Å². The van der Waals surface area contributed by atoms with Gasteiger partial charge in [0.25, 0.3) is 5.91 Å². The fourth-order valence-electron chi connectivity index (χ4n) is 3.61. The van der Waals surface area contributed by atoms with Crippen LogP contribution in [-0.4, -0.2) is 40.1 Å². The highest BCUT2D eigenvalue weighted by Gasteiger charge is 2.31. The van der Waals surface area contributed by atoms with E-state index in [9.17, 15) is 9.59 Å². The number of amides is 1. The van der Waals surface area contributed by atoms with Crippen LogP contribution < -0.4 is 0 Å². The molecule has 4 rings (SSSR count). The van der Waals surface area contributed by atoms with Crippen LogP contribution in [0.5, 0.6) is 0 Å². The topological polar surface area (TPSA) is 75.3 Å². The van der Waals surface area contributed by atoms with Crippen LogP contribution >= 0.6 is 0 Å². The predicted molar refractivity (Wildman–Crippen MR) is 109 cm³/mol. The number of nitrogens with zero attached hydrogens (tertiary/aromatic N) is 2. The van der Waals surface area contributed by atoms with Crippen molar-refractivity contribution in [3.05, 3.63) is 78.0 Å². The fourth-order valence-corrected chi connectivity index (χ4v) is 3.61. The van der Waals surface area contributed by atoms with E-state index in [-0.39, 0.29) is 5.91 Å². The van der Waals surface area contributed by atoms with Gasteiger partial charge in [0.1, 0.15) is 5.56 Å². The number of ether oxygens (including phenoxy) is 1. The lowest BCUT2D eigenvalue weighted by Crippen LogP contribution is -2.40. The Morgan fingerprint density at radius 3 is 2.28 bits per heavy atom. The number of hydrogen-bond acceptors (Lipinski definition) is 4. The van der Waals surface area contributed by atoms with Crippen LogP contribution in [0.2, 0.25) is 0 Å². The van der Waals surface area contributed by atoms with E-state index in [2.05, 4.69) is 10.2 Å². The number of aromatic amines is 1. The van der Waals surface area contributed by atoms with E-state index in [0.29, 0.717) is 29.9 Å². The molecule has 6 heteroatoms. The molecule has 0 bridgehead atoms. The van der Waals surface area contributed by atoms with Gasteiger partial charge in [0, 0.05) is 24.2 Å². The number of hydrogen-bond donors (Lipinski definition) is 1. The number of carbonyl (C=O) groups is 2. The van der Waals surface area contributed by atoms with Crippen molar-refractivity contribution in [2.45, 2.75) is 25.4 Å². The molecule has 1 saturated heterocycles. The number of benzene rings is 2. The minimum absolute atomic E-state index is 0.172. The fraction of sp³-hybridized carbons (Fsp3) is 0.261. The summed E-state index contributed by atoms with van der Waals surface area (Å²) < 4.78 is 5.77. The summed E-state index contributed by atoms with van der Waals surface area (Å²) >= 11 is 0. The number of piperidine rings is 1. The number of likely N-dealkylation sites (tertiary alicyclic amines) is 1. The van der Waals surface area contributed by atoms with Crippen LogP contribution in [0.15, 0.2) is 66.9 Å². The molecule has 0 saturated carbocycles. The number of aromatic nitrogens is 2. The quantitative estimate of drug-likeness (QED) is 0.670. The van der Waals surface area contributed by atoms with Crippen LogP contribution in [-0.2, 0) is 9.53 Å². The van der Waals surface area contributed by atoms with Crippen molar-refractivity contribution in [2.75, 3.05) is 13.1 Å². The first-order valence-electron chi connectivity index (χ1n) is 9.87. The summed E-state index contributed by atoms with van der Waals surface area (Å²) in [5.41, 5.74) is 2.38. The van der Waals surface area contributed by atoms with Gasteiger partial charge >= 0.3 is 5.97 Å². The first kappa shape index (κ1) is 18.9. The van der Waals surface area contributed by atoms with Crippen LogP contribution in [0.3, 0.4) is 0 Å². The average molecular weight is 389 g/mol. The van der Waals surface area contributed by atoms with Gasteiger partial charge < -0.3 is 9.64 Å². The maximum Gasteiger partial charge on any atom is 0.343 e. The molecule has 1 atom stereocenters. The number of carbonyl (C=O) groups excluding carboxylic acids is 2. The van der Waals surface area contributed by atoms with Crippen molar-refractivity contribution in [2.24, 2.45) is 0 Å². The van der Waals surface area contributed by atoms with Crippen molar-refractivity contribution >= 4 is 11.9 Å². The average Bonchev–Trinajstić information content (AvgIpc) is 3.29. The van der Waals surface area contributed by atoms with E-state index < -0.39 is 12.1 Å². The second kappa shape index (κ2) is 8.73. The van der Waals surface area contributed by atoms with Crippen molar-refractivity contribution < 1.29 is 14.3 Å². The summed E-state index contributed by atoms with van der Waals surface area (Å²) in [4.78, 5) is 28.0. The first-order chi connectivity index (χ1) is 14.2. The summed E-state index contributed by atoms with van der Waals surface area (Å²) in [6, 6.07) is 18.6. The lowest BCUT2D eigenvalue weighted by atomic mass is 10.1. The summed E-state index contributed by atoms with van der Waals surface area (Å²) in [6.45, 7) is 1.39. The predicted octanol–water partition coefficient (Wildman–Crippen LogP) is 3.99. The highest BCUT2D eigenvalue weighted by molar-refractivity contribution is 5.97. The molecule has 1 amide bonds. The molecule has 6 nitrogen and oxygen atoms in total. The first-order valence-corrected chi connectivity index (χ1v) is 9.87. The van der Waals surface area contributed by atoms with E-state index in [0.717, 1.165) is 24.8 Å². The van der Waals surface area contributed by atoms with E-state index in [1.807, 2.05) is 60.7 Å². The zero-order valence-corrected chi connectivity index (χ0v) is 16.1. The summed E-state index contributed by atoms with van der Waals surface area (Å²) in [5, 5.41) is 6.88. The minimum atomic E-state index is -0.972.